The van der Waals surface area contributed by atoms with Gasteiger partial charge in [-0.25, -0.2) is 0 Å². The first-order valence-electron chi connectivity index (χ1n) is 5.06. The van der Waals surface area contributed by atoms with E-state index in [4.69, 9.17) is 4.74 Å². The Labute approximate surface area is 86.4 Å². The molecular weight excluding hydrogens is 172 g/mol. The lowest BCUT2D eigenvalue weighted by Crippen LogP contribution is -1.95. The van der Waals surface area contributed by atoms with Crippen molar-refractivity contribution >= 4 is 0 Å². The predicted octanol–water partition coefficient (Wildman–Crippen LogP) is 3.76. The minimum atomic E-state index is 0.596. The monoisotopic (exact) mass is 190 g/mol. The summed E-state index contributed by atoms with van der Waals surface area (Å²) in [5, 5.41) is 0. The Bertz CT molecular complexity index is 274. The van der Waals surface area contributed by atoms with Crippen LogP contribution in [0.15, 0.2) is 36.9 Å². The summed E-state index contributed by atoms with van der Waals surface area (Å²) >= 11 is 0. The number of methoxy groups -OCH3 is 1. The van der Waals surface area contributed by atoms with Gasteiger partial charge < -0.3 is 4.74 Å². The van der Waals surface area contributed by atoms with Crippen LogP contribution in [0.3, 0.4) is 0 Å². The van der Waals surface area contributed by atoms with Crippen LogP contribution < -0.4 is 4.74 Å². The van der Waals surface area contributed by atoms with Crippen molar-refractivity contribution in [3.63, 3.8) is 0 Å². The minimum absolute atomic E-state index is 0.596. The van der Waals surface area contributed by atoms with E-state index < -0.39 is 0 Å². The second-order valence-electron chi connectivity index (χ2n) is 3.40. The van der Waals surface area contributed by atoms with Crippen LogP contribution in [-0.2, 0) is 0 Å². The molecule has 1 rings (SSSR count). The summed E-state index contributed by atoms with van der Waals surface area (Å²) in [7, 11) is 1.69. The van der Waals surface area contributed by atoms with Crippen LogP contribution in [0.1, 0.15) is 31.2 Å². The van der Waals surface area contributed by atoms with Crippen molar-refractivity contribution in [2.45, 2.75) is 25.7 Å². The Morgan fingerprint density at radius 3 is 2.43 bits per heavy atom. The molecule has 0 saturated carbocycles. The van der Waals surface area contributed by atoms with Gasteiger partial charge in [-0.3, -0.25) is 0 Å². The zero-order chi connectivity index (χ0) is 10.4. The lowest BCUT2D eigenvalue weighted by Gasteiger charge is -2.13. The molecule has 0 N–H and O–H groups in total. The van der Waals surface area contributed by atoms with Crippen LogP contribution in [0, 0.1) is 0 Å². The Morgan fingerprint density at radius 1 is 1.36 bits per heavy atom. The van der Waals surface area contributed by atoms with Crippen molar-refractivity contribution in [3.8, 4) is 5.75 Å². The van der Waals surface area contributed by atoms with Gasteiger partial charge in [0.15, 0.2) is 0 Å². The van der Waals surface area contributed by atoms with Crippen molar-refractivity contribution in [1.29, 1.82) is 0 Å². The maximum absolute atomic E-state index is 5.12. The molecule has 0 radical (unpaired) electrons. The molecule has 1 atom stereocenters. The number of hydrogen-bond donors (Lipinski definition) is 0. The summed E-state index contributed by atoms with van der Waals surface area (Å²) in [6.07, 6.45) is 4.18. The van der Waals surface area contributed by atoms with E-state index in [9.17, 15) is 0 Å². The number of ether oxygens (including phenoxy) is 1. The van der Waals surface area contributed by atoms with Crippen LogP contribution in [0.5, 0.6) is 5.75 Å². The van der Waals surface area contributed by atoms with E-state index in [1.807, 2.05) is 18.2 Å². The SMILES string of the molecule is C=CCC(CC)c1ccc(OC)cc1. The highest BCUT2D eigenvalue weighted by atomic mass is 16.5. The molecule has 0 heterocycles. The average molecular weight is 190 g/mol. The lowest BCUT2D eigenvalue weighted by molar-refractivity contribution is 0.414. The van der Waals surface area contributed by atoms with E-state index in [-0.39, 0.29) is 0 Å². The van der Waals surface area contributed by atoms with Crippen molar-refractivity contribution in [3.05, 3.63) is 42.5 Å². The van der Waals surface area contributed by atoms with E-state index in [2.05, 4.69) is 25.6 Å². The van der Waals surface area contributed by atoms with E-state index in [0.717, 1.165) is 18.6 Å². The smallest absolute Gasteiger partial charge is 0.118 e. The van der Waals surface area contributed by atoms with Crippen LogP contribution in [0.4, 0.5) is 0 Å². The molecule has 1 aromatic rings. The van der Waals surface area contributed by atoms with Crippen molar-refractivity contribution < 1.29 is 4.74 Å². The van der Waals surface area contributed by atoms with Crippen molar-refractivity contribution in [2.24, 2.45) is 0 Å². The van der Waals surface area contributed by atoms with E-state index in [0.29, 0.717) is 5.92 Å². The maximum Gasteiger partial charge on any atom is 0.118 e. The summed E-state index contributed by atoms with van der Waals surface area (Å²) < 4.78 is 5.12. The first-order chi connectivity index (χ1) is 6.81. The van der Waals surface area contributed by atoms with Crippen LogP contribution in [0.2, 0.25) is 0 Å². The molecule has 0 saturated heterocycles. The maximum atomic E-state index is 5.12. The van der Waals surface area contributed by atoms with Gasteiger partial charge in [0.2, 0.25) is 0 Å². The van der Waals surface area contributed by atoms with Gasteiger partial charge in [-0.2, -0.15) is 0 Å². The lowest BCUT2D eigenvalue weighted by atomic mass is 9.93. The minimum Gasteiger partial charge on any atom is -0.497 e. The Balaban J connectivity index is 2.77. The summed E-state index contributed by atoms with van der Waals surface area (Å²) in [5.74, 6) is 1.51. The quantitative estimate of drug-likeness (QED) is 0.642. The number of rotatable bonds is 5. The molecule has 1 heteroatoms. The molecule has 0 bridgehead atoms. The molecule has 0 aromatic heterocycles. The van der Waals surface area contributed by atoms with Crippen LogP contribution in [0.25, 0.3) is 0 Å². The first kappa shape index (κ1) is 10.8. The van der Waals surface area contributed by atoms with Gasteiger partial charge in [0.25, 0.3) is 0 Å². The molecule has 0 aliphatic rings. The van der Waals surface area contributed by atoms with E-state index in [1.54, 1.807) is 7.11 Å². The summed E-state index contributed by atoms with van der Waals surface area (Å²) in [6, 6.07) is 8.30. The fraction of sp³-hybridized carbons (Fsp3) is 0.385. The molecular formula is C13H18O. The number of benzene rings is 1. The first-order valence-corrected chi connectivity index (χ1v) is 5.06. The number of hydrogen-bond acceptors (Lipinski definition) is 1. The van der Waals surface area contributed by atoms with E-state index >= 15 is 0 Å². The van der Waals surface area contributed by atoms with Gasteiger partial charge in [0.1, 0.15) is 5.75 Å². The summed E-state index contributed by atoms with van der Waals surface area (Å²) in [6.45, 7) is 5.99. The molecule has 0 fully saturated rings. The predicted molar refractivity (Wildman–Crippen MR) is 60.8 cm³/mol. The van der Waals surface area contributed by atoms with E-state index in [1.165, 1.54) is 5.56 Å². The Morgan fingerprint density at radius 2 is 2.00 bits per heavy atom. The highest BCUT2D eigenvalue weighted by Crippen LogP contribution is 2.25. The third kappa shape index (κ3) is 2.63. The van der Waals surface area contributed by atoms with Gasteiger partial charge in [-0.15, -0.1) is 6.58 Å². The molecule has 14 heavy (non-hydrogen) atoms. The van der Waals surface area contributed by atoms with Crippen LogP contribution in [-0.4, -0.2) is 7.11 Å². The average Bonchev–Trinajstić information content (AvgIpc) is 2.26. The van der Waals surface area contributed by atoms with Gasteiger partial charge in [-0.05, 0) is 36.5 Å². The fourth-order valence-corrected chi connectivity index (χ4v) is 1.62. The van der Waals surface area contributed by atoms with Crippen molar-refractivity contribution in [1.82, 2.24) is 0 Å². The fourth-order valence-electron chi connectivity index (χ4n) is 1.62. The standard InChI is InChI=1S/C13H18O/c1-4-6-11(5-2)12-7-9-13(14-3)10-8-12/h4,7-11H,1,5-6H2,2-3H3. The Kier molecular flexibility index (Phi) is 4.24. The third-order valence-electron chi connectivity index (χ3n) is 2.53. The summed E-state index contributed by atoms with van der Waals surface area (Å²) in [5.41, 5.74) is 1.37. The molecule has 0 aliphatic carbocycles. The van der Waals surface area contributed by atoms with Gasteiger partial charge in [0, 0.05) is 0 Å². The molecule has 0 aliphatic heterocycles. The van der Waals surface area contributed by atoms with Crippen LogP contribution >= 0.6 is 0 Å². The third-order valence-corrected chi connectivity index (χ3v) is 2.53. The second kappa shape index (κ2) is 5.48. The Hall–Kier alpha value is -1.24. The summed E-state index contributed by atoms with van der Waals surface area (Å²) in [4.78, 5) is 0. The molecule has 1 aromatic carbocycles. The molecule has 1 nitrogen and oxygen atoms in total. The zero-order valence-corrected chi connectivity index (χ0v) is 8.99. The van der Waals surface area contributed by atoms with Gasteiger partial charge in [-0.1, -0.05) is 25.1 Å². The molecule has 0 amide bonds. The van der Waals surface area contributed by atoms with Gasteiger partial charge in [0.05, 0.1) is 7.11 Å². The topological polar surface area (TPSA) is 9.23 Å². The van der Waals surface area contributed by atoms with Crippen molar-refractivity contribution in [2.75, 3.05) is 7.11 Å². The zero-order valence-electron chi connectivity index (χ0n) is 8.99. The normalized spacial score (nSPS) is 12.1. The second-order valence-corrected chi connectivity index (χ2v) is 3.40. The molecule has 0 spiro atoms. The highest BCUT2D eigenvalue weighted by Gasteiger charge is 2.06. The van der Waals surface area contributed by atoms with Gasteiger partial charge >= 0.3 is 0 Å². The molecule has 1 unspecified atom stereocenters. The molecule has 76 valence electrons. The highest BCUT2D eigenvalue weighted by molar-refractivity contribution is 5.29. The largest absolute Gasteiger partial charge is 0.497 e. The number of allylic oxidation sites excluding steroid dienone is 1.